The molecule has 168 valence electrons. The van der Waals surface area contributed by atoms with Gasteiger partial charge in [-0.1, -0.05) is 28.1 Å². The summed E-state index contributed by atoms with van der Waals surface area (Å²) in [6, 6.07) is 16.9. The molecule has 3 fully saturated rings. The van der Waals surface area contributed by atoms with Gasteiger partial charge in [0.05, 0.1) is 5.92 Å². The second-order valence-corrected chi connectivity index (χ2v) is 10.0. The first kappa shape index (κ1) is 21.5. The van der Waals surface area contributed by atoms with Gasteiger partial charge in [0.2, 0.25) is 11.8 Å². The summed E-state index contributed by atoms with van der Waals surface area (Å²) < 4.78 is 1.13. The molecule has 0 radical (unpaired) electrons. The number of halogens is 1. The van der Waals surface area contributed by atoms with Gasteiger partial charge in [-0.2, -0.15) is 0 Å². The van der Waals surface area contributed by atoms with Crippen LogP contribution in [-0.2, 0) is 9.59 Å². The number of piperazine rings is 1. The molecular weight excluding hydrogens is 468 g/mol. The number of imide groups is 1. The molecule has 0 aromatic heterocycles. The van der Waals surface area contributed by atoms with E-state index in [1.54, 1.807) is 0 Å². The van der Waals surface area contributed by atoms with Crippen LogP contribution in [0.25, 0.3) is 0 Å². The molecule has 7 heteroatoms. The van der Waals surface area contributed by atoms with Crippen LogP contribution in [0.5, 0.6) is 0 Å². The van der Waals surface area contributed by atoms with Crippen LogP contribution in [0.1, 0.15) is 24.3 Å². The Balaban J connectivity index is 1.08. The Hall–Kier alpha value is -2.38. The zero-order valence-electron chi connectivity index (χ0n) is 18.2. The fraction of sp³-hybridized carbons (Fsp3) is 0.440. The minimum absolute atomic E-state index is 0.163. The first-order valence-corrected chi connectivity index (χ1v) is 12.3. The molecule has 6 nitrogen and oxygen atoms in total. The summed E-state index contributed by atoms with van der Waals surface area (Å²) in [4.78, 5) is 31.0. The fourth-order valence-corrected chi connectivity index (χ4v) is 5.30. The number of anilines is 2. The Morgan fingerprint density at radius 1 is 0.844 bits per heavy atom. The summed E-state index contributed by atoms with van der Waals surface area (Å²) in [7, 11) is 0. The molecule has 3 saturated heterocycles. The Kier molecular flexibility index (Phi) is 6.20. The van der Waals surface area contributed by atoms with Crippen LogP contribution >= 0.6 is 15.9 Å². The van der Waals surface area contributed by atoms with Crippen molar-refractivity contribution < 1.29 is 9.59 Å². The molecule has 5 rings (SSSR count). The highest BCUT2D eigenvalue weighted by Crippen LogP contribution is 2.29. The van der Waals surface area contributed by atoms with E-state index < -0.39 is 0 Å². The number of carbonyl (C=O) groups excluding carboxylic acids is 2. The number of nitrogens with zero attached hydrogens (tertiary/aromatic N) is 3. The monoisotopic (exact) mass is 496 g/mol. The summed E-state index contributed by atoms with van der Waals surface area (Å²) in [6.07, 6.45) is 1.02. The first-order chi connectivity index (χ1) is 15.5. The lowest BCUT2D eigenvalue weighted by atomic mass is 9.90. The van der Waals surface area contributed by atoms with Gasteiger partial charge in [0, 0.05) is 74.0 Å². The Bertz CT molecular complexity index is 964. The fourth-order valence-electron chi connectivity index (χ4n) is 5.03. The van der Waals surface area contributed by atoms with Gasteiger partial charge in [-0.05, 0) is 48.4 Å². The van der Waals surface area contributed by atoms with Crippen molar-refractivity contribution in [2.75, 3.05) is 55.6 Å². The molecule has 0 aliphatic carbocycles. The number of nitrogens with one attached hydrogen (secondary N) is 1. The summed E-state index contributed by atoms with van der Waals surface area (Å²) in [5.41, 5.74) is 3.53. The molecule has 0 spiro atoms. The molecule has 2 amide bonds. The molecule has 1 N–H and O–H groups in total. The smallest absolute Gasteiger partial charge is 0.234 e. The van der Waals surface area contributed by atoms with Crippen molar-refractivity contribution in [3.63, 3.8) is 0 Å². The summed E-state index contributed by atoms with van der Waals surface area (Å²) in [6.45, 7) is 7.69. The van der Waals surface area contributed by atoms with Gasteiger partial charge in [0.15, 0.2) is 0 Å². The molecule has 2 aromatic rings. The lowest BCUT2D eigenvalue weighted by Gasteiger charge is -2.45. The van der Waals surface area contributed by atoms with Gasteiger partial charge in [0.1, 0.15) is 0 Å². The normalized spacial score (nSPS) is 22.6. The molecule has 32 heavy (non-hydrogen) atoms. The summed E-state index contributed by atoms with van der Waals surface area (Å²) >= 11 is 3.50. The van der Waals surface area contributed by atoms with Crippen molar-refractivity contribution in [3.8, 4) is 0 Å². The number of hydrogen-bond donors (Lipinski definition) is 1. The summed E-state index contributed by atoms with van der Waals surface area (Å²) in [5, 5.41) is 2.45. The van der Waals surface area contributed by atoms with E-state index in [0.29, 0.717) is 12.8 Å². The molecule has 3 aliphatic rings. The molecular formula is C25H29BrN4O2. The van der Waals surface area contributed by atoms with Crippen molar-refractivity contribution in [3.05, 3.63) is 58.6 Å². The molecule has 0 bridgehead atoms. The van der Waals surface area contributed by atoms with Gasteiger partial charge in [-0.3, -0.25) is 19.8 Å². The summed E-state index contributed by atoms with van der Waals surface area (Å²) in [5.74, 6) is 0.206. The van der Waals surface area contributed by atoms with E-state index in [2.05, 4.69) is 72.3 Å². The van der Waals surface area contributed by atoms with Gasteiger partial charge >= 0.3 is 0 Å². The minimum Gasteiger partial charge on any atom is -0.371 e. The van der Waals surface area contributed by atoms with Gasteiger partial charge in [0.25, 0.3) is 0 Å². The highest BCUT2D eigenvalue weighted by Gasteiger charge is 2.30. The zero-order chi connectivity index (χ0) is 22.1. The Labute approximate surface area is 197 Å². The predicted octanol–water partition coefficient (Wildman–Crippen LogP) is 3.23. The maximum atomic E-state index is 12.1. The van der Waals surface area contributed by atoms with Crippen LogP contribution in [0.2, 0.25) is 0 Å². The molecule has 3 heterocycles. The van der Waals surface area contributed by atoms with Crippen molar-refractivity contribution in [2.24, 2.45) is 5.92 Å². The quantitative estimate of drug-likeness (QED) is 0.644. The second kappa shape index (κ2) is 9.24. The number of rotatable bonds is 5. The van der Waals surface area contributed by atoms with Crippen LogP contribution in [0.15, 0.2) is 53.0 Å². The largest absolute Gasteiger partial charge is 0.371 e. The maximum absolute atomic E-state index is 12.1. The topological polar surface area (TPSA) is 55.9 Å². The number of piperidine rings is 1. The predicted molar refractivity (Wildman–Crippen MR) is 130 cm³/mol. The first-order valence-electron chi connectivity index (χ1n) is 11.5. The van der Waals surface area contributed by atoms with Crippen LogP contribution in [0.4, 0.5) is 11.4 Å². The van der Waals surface area contributed by atoms with E-state index in [1.165, 1.54) is 17.9 Å². The third-order valence-corrected chi connectivity index (χ3v) is 7.47. The van der Waals surface area contributed by atoms with Crippen LogP contribution < -0.4 is 15.1 Å². The van der Waals surface area contributed by atoms with Crippen LogP contribution in [-0.4, -0.2) is 62.5 Å². The number of amides is 2. The molecule has 2 aromatic carbocycles. The van der Waals surface area contributed by atoms with Gasteiger partial charge in [-0.25, -0.2) is 0 Å². The Morgan fingerprint density at radius 2 is 1.47 bits per heavy atom. The average molecular weight is 497 g/mol. The third kappa shape index (κ3) is 4.69. The third-order valence-electron chi connectivity index (χ3n) is 6.94. The van der Waals surface area contributed by atoms with Crippen molar-refractivity contribution in [1.29, 1.82) is 0 Å². The number of carbonyl (C=O) groups is 2. The molecule has 3 aliphatic heterocycles. The van der Waals surface area contributed by atoms with Crippen LogP contribution in [0, 0.1) is 5.92 Å². The van der Waals surface area contributed by atoms with E-state index in [-0.39, 0.29) is 17.7 Å². The van der Waals surface area contributed by atoms with Crippen molar-refractivity contribution in [1.82, 2.24) is 10.2 Å². The molecule has 0 saturated carbocycles. The maximum Gasteiger partial charge on any atom is 0.234 e. The SMILES string of the molecule is O=C1CCC(c2ccc(N3CCN(CC4CN(c5ccc(Br)cc5)C4)CC3)cc2)C(=O)N1. The van der Waals surface area contributed by atoms with E-state index in [4.69, 9.17) is 0 Å². The van der Waals surface area contributed by atoms with Crippen molar-refractivity contribution in [2.45, 2.75) is 18.8 Å². The van der Waals surface area contributed by atoms with E-state index in [9.17, 15) is 9.59 Å². The van der Waals surface area contributed by atoms with Crippen molar-refractivity contribution >= 4 is 39.1 Å². The van der Waals surface area contributed by atoms with Gasteiger partial charge < -0.3 is 9.80 Å². The second-order valence-electron chi connectivity index (χ2n) is 9.13. The van der Waals surface area contributed by atoms with Gasteiger partial charge in [-0.15, -0.1) is 0 Å². The highest BCUT2D eigenvalue weighted by atomic mass is 79.9. The van der Waals surface area contributed by atoms with E-state index in [0.717, 1.165) is 55.2 Å². The number of benzene rings is 2. The number of hydrogen-bond acceptors (Lipinski definition) is 5. The molecule has 1 unspecified atom stereocenters. The van der Waals surface area contributed by atoms with E-state index >= 15 is 0 Å². The Morgan fingerprint density at radius 3 is 2.12 bits per heavy atom. The molecule has 1 atom stereocenters. The average Bonchev–Trinajstić information content (AvgIpc) is 2.78. The lowest BCUT2D eigenvalue weighted by molar-refractivity contribution is -0.134. The van der Waals surface area contributed by atoms with E-state index in [1.807, 2.05) is 12.1 Å². The highest BCUT2D eigenvalue weighted by molar-refractivity contribution is 9.10. The lowest BCUT2D eigenvalue weighted by Crippen LogP contribution is -2.55. The minimum atomic E-state index is -0.210. The van der Waals surface area contributed by atoms with Crippen LogP contribution in [0.3, 0.4) is 0 Å². The standard InChI is InChI=1S/C25H29BrN4O2/c26-20-3-7-22(8-4-20)30-16-18(17-30)15-28-11-13-29(14-12-28)21-5-1-19(2-6-21)23-9-10-24(31)27-25(23)32/h1-8,18,23H,9-17H2,(H,27,31,32). The zero-order valence-corrected chi connectivity index (χ0v) is 19.8.